The zero-order valence-electron chi connectivity index (χ0n) is 8.00. The van der Waals surface area contributed by atoms with Crippen molar-refractivity contribution in [1.82, 2.24) is 0 Å². The Morgan fingerprint density at radius 3 is 2.47 bits per heavy atom. The topological polar surface area (TPSA) is 103 Å². The third-order valence-electron chi connectivity index (χ3n) is 1.94. The molecule has 15 heavy (non-hydrogen) atoms. The first-order valence-corrected chi connectivity index (χ1v) is 5.71. The quantitative estimate of drug-likeness (QED) is 0.612. The van der Waals surface area contributed by atoms with Gasteiger partial charge in [0, 0.05) is 12.1 Å². The van der Waals surface area contributed by atoms with Crippen LogP contribution in [0.25, 0.3) is 0 Å². The summed E-state index contributed by atoms with van der Waals surface area (Å²) in [6.45, 7) is 1.70. The maximum absolute atomic E-state index is 11.1. The number of aryl methyl sites for hydroxylation is 1. The first-order chi connectivity index (χ1) is 6.86. The molecule has 7 heteroatoms. The fraction of sp³-hybridized carbons (Fsp3) is 0.250. The van der Waals surface area contributed by atoms with Gasteiger partial charge in [-0.15, -0.1) is 0 Å². The summed E-state index contributed by atoms with van der Waals surface area (Å²) in [6.07, 6.45) is 0.368. The van der Waals surface area contributed by atoms with Crippen LogP contribution >= 0.6 is 0 Å². The number of nitro groups is 1. The van der Waals surface area contributed by atoms with E-state index in [0.717, 1.165) is 12.1 Å². The molecule has 2 N–H and O–H groups in total. The maximum atomic E-state index is 11.1. The molecule has 82 valence electrons. The Labute approximate surface area is 86.9 Å². The van der Waals surface area contributed by atoms with Gasteiger partial charge in [-0.3, -0.25) is 10.1 Å². The molecule has 0 heterocycles. The zero-order chi connectivity index (χ0) is 11.6. The number of rotatable bonds is 3. The van der Waals surface area contributed by atoms with Gasteiger partial charge in [-0.05, 0) is 18.1 Å². The second kappa shape index (κ2) is 3.95. The molecule has 0 aliphatic rings. The molecule has 0 aromatic heterocycles. The Morgan fingerprint density at radius 1 is 1.47 bits per heavy atom. The van der Waals surface area contributed by atoms with Crippen molar-refractivity contribution in [1.29, 1.82) is 0 Å². The van der Waals surface area contributed by atoms with E-state index in [0.29, 0.717) is 12.0 Å². The van der Waals surface area contributed by atoms with E-state index in [1.54, 1.807) is 6.92 Å². The predicted octanol–water partition coefficient (Wildman–Crippen LogP) is 0.805. The summed E-state index contributed by atoms with van der Waals surface area (Å²) in [7, 11) is -3.81. The van der Waals surface area contributed by atoms with Gasteiger partial charge in [0.25, 0.3) is 5.69 Å². The molecular weight excluding hydrogens is 220 g/mol. The summed E-state index contributed by atoms with van der Waals surface area (Å²) in [6, 6.07) is 3.50. The minimum atomic E-state index is -3.81. The van der Waals surface area contributed by atoms with Crippen LogP contribution in [-0.2, 0) is 16.4 Å². The van der Waals surface area contributed by atoms with Gasteiger partial charge in [-0.25, -0.2) is 13.6 Å². The van der Waals surface area contributed by atoms with Gasteiger partial charge >= 0.3 is 0 Å². The lowest BCUT2D eigenvalue weighted by Crippen LogP contribution is -2.14. The number of benzene rings is 1. The van der Waals surface area contributed by atoms with Gasteiger partial charge in [0.2, 0.25) is 10.0 Å². The molecule has 0 fully saturated rings. The van der Waals surface area contributed by atoms with Crippen molar-refractivity contribution in [2.75, 3.05) is 0 Å². The normalized spacial score (nSPS) is 11.3. The molecule has 6 nitrogen and oxygen atoms in total. The van der Waals surface area contributed by atoms with E-state index in [2.05, 4.69) is 0 Å². The monoisotopic (exact) mass is 230 g/mol. The number of hydrogen-bond acceptors (Lipinski definition) is 4. The van der Waals surface area contributed by atoms with Crippen molar-refractivity contribution < 1.29 is 13.3 Å². The van der Waals surface area contributed by atoms with E-state index in [9.17, 15) is 18.5 Å². The standard InChI is InChI=1S/C8H10N2O4S/c1-2-6-5-7(10(11)12)3-4-8(6)15(9,13)14/h3-5H,2H2,1H3,(H2,9,13,14). The van der Waals surface area contributed by atoms with E-state index in [1.165, 1.54) is 6.07 Å². The number of hydrogen-bond donors (Lipinski definition) is 1. The van der Waals surface area contributed by atoms with Crippen LogP contribution in [-0.4, -0.2) is 13.3 Å². The molecule has 0 spiro atoms. The minimum absolute atomic E-state index is 0.0596. The number of nitrogens with zero attached hydrogens (tertiary/aromatic N) is 1. The summed E-state index contributed by atoms with van der Waals surface area (Å²) in [5, 5.41) is 15.4. The Hall–Kier alpha value is -1.47. The fourth-order valence-electron chi connectivity index (χ4n) is 1.23. The molecule has 0 amide bonds. The van der Waals surface area contributed by atoms with Gasteiger partial charge in [-0.1, -0.05) is 6.92 Å². The number of nitrogens with two attached hydrogens (primary N) is 1. The molecule has 0 saturated heterocycles. The molecule has 0 bridgehead atoms. The predicted molar refractivity (Wildman–Crippen MR) is 53.8 cm³/mol. The van der Waals surface area contributed by atoms with Crippen LogP contribution in [0.4, 0.5) is 5.69 Å². The highest BCUT2D eigenvalue weighted by Gasteiger charge is 2.16. The molecule has 0 unspecified atom stereocenters. The third kappa shape index (κ3) is 2.51. The molecule has 0 aliphatic heterocycles. The van der Waals surface area contributed by atoms with Crippen LogP contribution in [0.15, 0.2) is 23.1 Å². The van der Waals surface area contributed by atoms with Crippen LogP contribution in [0, 0.1) is 10.1 Å². The van der Waals surface area contributed by atoms with Gasteiger partial charge in [0.15, 0.2) is 0 Å². The van der Waals surface area contributed by atoms with Crippen molar-refractivity contribution in [2.45, 2.75) is 18.2 Å². The average Bonchev–Trinajstić information content (AvgIpc) is 2.15. The number of non-ortho nitro benzene ring substituents is 1. The SMILES string of the molecule is CCc1cc([N+](=O)[O-])ccc1S(N)(=O)=O. The van der Waals surface area contributed by atoms with Crippen molar-refractivity contribution in [3.8, 4) is 0 Å². The van der Waals surface area contributed by atoms with Crippen molar-refractivity contribution in [2.24, 2.45) is 5.14 Å². The van der Waals surface area contributed by atoms with E-state index >= 15 is 0 Å². The van der Waals surface area contributed by atoms with Gasteiger partial charge in [0.1, 0.15) is 0 Å². The first kappa shape index (κ1) is 11.6. The summed E-state index contributed by atoms with van der Waals surface area (Å²) in [5.41, 5.74) is 0.214. The molecule has 1 aromatic carbocycles. The second-order valence-electron chi connectivity index (χ2n) is 2.95. The molecule has 0 atom stereocenters. The Morgan fingerprint density at radius 2 is 2.07 bits per heavy atom. The Balaban J connectivity index is 3.40. The molecule has 0 aliphatic carbocycles. The molecule has 1 aromatic rings. The molecule has 1 rings (SSSR count). The van der Waals surface area contributed by atoms with Crippen molar-refractivity contribution >= 4 is 15.7 Å². The summed E-state index contributed by atoms with van der Waals surface area (Å²) in [4.78, 5) is 9.82. The fourth-order valence-corrected chi connectivity index (χ4v) is 2.06. The highest BCUT2D eigenvalue weighted by molar-refractivity contribution is 7.89. The first-order valence-electron chi connectivity index (χ1n) is 4.16. The molecule has 0 saturated carbocycles. The Bertz CT molecular complexity index is 495. The largest absolute Gasteiger partial charge is 0.269 e. The number of sulfonamides is 1. The molecule has 0 radical (unpaired) electrons. The van der Waals surface area contributed by atoms with Gasteiger partial charge in [0.05, 0.1) is 9.82 Å². The highest BCUT2D eigenvalue weighted by Crippen LogP contribution is 2.21. The van der Waals surface area contributed by atoms with Crippen LogP contribution in [0.5, 0.6) is 0 Å². The van der Waals surface area contributed by atoms with Crippen LogP contribution in [0.1, 0.15) is 12.5 Å². The lowest BCUT2D eigenvalue weighted by molar-refractivity contribution is -0.385. The summed E-state index contributed by atoms with van der Waals surface area (Å²) < 4.78 is 22.2. The van der Waals surface area contributed by atoms with E-state index < -0.39 is 14.9 Å². The minimum Gasteiger partial charge on any atom is -0.258 e. The van der Waals surface area contributed by atoms with E-state index in [-0.39, 0.29) is 10.6 Å². The second-order valence-corrected chi connectivity index (χ2v) is 4.48. The van der Waals surface area contributed by atoms with E-state index in [1.807, 2.05) is 0 Å². The van der Waals surface area contributed by atoms with Gasteiger partial charge < -0.3 is 0 Å². The Kier molecular flexibility index (Phi) is 3.06. The highest BCUT2D eigenvalue weighted by atomic mass is 32.2. The van der Waals surface area contributed by atoms with Gasteiger partial charge in [-0.2, -0.15) is 0 Å². The van der Waals surface area contributed by atoms with E-state index in [4.69, 9.17) is 5.14 Å². The summed E-state index contributed by atoms with van der Waals surface area (Å²) in [5.74, 6) is 0. The smallest absolute Gasteiger partial charge is 0.258 e. The molecular formula is C8H10N2O4S. The van der Waals surface area contributed by atoms with Crippen molar-refractivity contribution in [3.63, 3.8) is 0 Å². The van der Waals surface area contributed by atoms with Crippen LogP contribution in [0.2, 0.25) is 0 Å². The third-order valence-corrected chi connectivity index (χ3v) is 2.95. The number of nitro benzene ring substituents is 1. The maximum Gasteiger partial charge on any atom is 0.269 e. The zero-order valence-corrected chi connectivity index (χ0v) is 8.82. The lowest BCUT2D eigenvalue weighted by Gasteiger charge is -2.04. The van der Waals surface area contributed by atoms with Crippen molar-refractivity contribution in [3.05, 3.63) is 33.9 Å². The number of primary sulfonamides is 1. The van der Waals surface area contributed by atoms with Crippen LogP contribution in [0.3, 0.4) is 0 Å². The average molecular weight is 230 g/mol. The lowest BCUT2D eigenvalue weighted by atomic mass is 10.1. The summed E-state index contributed by atoms with van der Waals surface area (Å²) >= 11 is 0. The van der Waals surface area contributed by atoms with Crippen LogP contribution < -0.4 is 5.14 Å².